The lowest BCUT2D eigenvalue weighted by Gasteiger charge is -2.24. The summed E-state index contributed by atoms with van der Waals surface area (Å²) in [6, 6.07) is 3.58. The zero-order valence-electron chi connectivity index (χ0n) is 12.8. The lowest BCUT2D eigenvalue weighted by atomic mass is 10.0. The maximum atomic E-state index is 11.6. The SMILES string of the molecule is CCNC(=O)Nc1nc2c(s1)NC(OC)C(c1cccnc1)=C2. The van der Waals surface area contributed by atoms with Crippen LogP contribution in [0.1, 0.15) is 18.2 Å². The predicted octanol–water partition coefficient (Wildman–Crippen LogP) is 2.62. The Morgan fingerprint density at radius 2 is 2.39 bits per heavy atom. The molecule has 7 nitrogen and oxygen atoms in total. The molecule has 0 aliphatic carbocycles. The molecule has 2 aromatic rings. The minimum Gasteiger partial charge on any atom is -0.357 e. The van der Waals surface area contributed by atoms with Crippen LogP contribution >= 0.6 is 11.3 Å². The molecule has 8 heteroatoms. The number of anilines is 2. The van der Waals surface area contributed by atoms with E-state index in [0.29, 0.717) is 11.7 Å². The van der Waals surface area contributed by atoms with Crippen LogP contribution in [0.5, 0.6) is 0 Å². The normalized spacial score (nSPS) is 16.1. The van der Waals surface area contributed by atoms with Crippen LogP contribution in [0.2, 0.25) is 0 Å². The van der Waals surface area contributed by atoms with E-state index in [2.05, 4.69) is 25.9 Å². The van der Waals surface area contributed by atoms with Gasteiger partial charge in [-0.15, -0.1) is 0 Å². The highest BCUT2D eigenvalue weighted by molar-refractivity contribution is 7.20. The highest BCUT2D eigenvalue weighted by atomic mass is 32.1. The van der Waals surface area contributed by atoms with Gasteiger partial charge in [0.1, 0.15) is 10.7 Å². The van der Waals surface area contributed by atoms with Crippen LogP contribution in [-0.4, -0.2) is 35.9 Å². The second-order valence-corrected chi connectivity index (χ2v) is 5.82. The van der Waals surface area contributed by atoms with Gasteiger partial charge in [-0.2, -0.15) is 0 Å². The Morgan fingerprint density at radius 3 is 3.09 bits per heavy atom. The quantitative estimate of drug-likeness (QED) is 0.801. The number of ether oxygens (including phenoxy) is 1. The summed E-state index contributed by atoms with van der Waals surface area (Å²) in [7, 11) is 1.64. The van der Waals surface area contributed by atoms with Crippen LogP contribution in [0.25, 0.3) is 11.6 Å². The Morgan fingerprint density at radius 1 is 1.52 bits per heavy atom. The molecule has 3 rings (SSSR count). The minimum atomic E-state index is -0.288. The third-order valence-electron chi connectivity index (χ3n) is 3.28. The number of nitrogens with one attached hydrogen (secondary N) is 3. The van der Waals surface area contributed by atoms with Crippen LogP contribution in [0.15, 0.2) is 24.5 Å². The number of amides is 2. The summed E-state index contributed by atoms with van der Waals surface area (Å²) in [5.74, 6) is 0. The third kappa shape index (κ3) is 3.33. The van der Waals surface area contributed by atoms with Crippen LogP contribution < -0.4 is 16.0 Å². The minimum absolute atomic E-state index is 0.265. The van der Waals surface area contributed by atoms with Crippen molar-refractivity contribution < 1.29 is 9.53 Å². The number of carbonyl (C=O) groups excluding carboxylic acids is 1. The average Bonchev–Trinajstić information content (AvgIpc) is 2.95. The first-order chi connectivity index (χ1) is 11.2. The van der Waals surface area contributed by atoms with Gasteiger partial charge in [-0.25, -0.2) is 9.78 Å². The van der Waals surface area contributed by atoms with Gasteiger partial charge in [0.15, 0.2) is 11.4 Å². The van der Waals surface area contributed by atoms with Crippen molar-refractivity contribution >= 4 is 39.1 Å². The molecule has 23 heavy (non-hydrogen) atoms. The molecule has 0 radical (unpaired) electrons. The van der Waals surface area contributed by atoms with Gasteiger partial charge in [0.25, 0.3) is 0 Å². The van der Waals surface area contributed by atoms with Crippen molar-refractivity contribution in [3.63, 3.8) is 0 Å². The standard InChI is InChI=1S/C15H17N5O2S/c1-3-17-14(21)20-15-18-11-7-10(9-5-4-6-16-8-9)12(22-2)19-13(11)23-15/h4-8,12,19H,3H2,1-2H3,(H2,17,18,20,21). The smallest absolute Gasteiger partial charge is 0.321 e. The molecule has 3 heterocycles. The molecule has 0 spiro atoms. The van der Waals surface area contributed by atoms with Crippen LogP contribution in [0.4, 0.5) is 14.9 Å². The van der Waals surface area contributed by atoms with E-state index in [1.807, 2.05) is 25.1 Å². The summed E-state index contributed by atoms with van der Waals surface area (Å²) in [4.78, 5) is 20.2. The summed E-state index contributed by atoms with van der Waals surface area (Å²) in [5, 5.41) is 10.1. The van der Waals surface area contributed by atoms with E-state index < -0.39 is 0 Å². The average molecular weight is 331 g/mol. The van der Waals surface area contributed by atoms with Gasteiger partial charge in [-0.1, -0.05) is 17.4 Å². The van der Waals surface area contributed by atoms with Crippen LogP contribution in [0, 0.1) is 0 Å². The van der Waals surface area contributed by atoms with Crippen molar-refractivity contribution in [2.75, 3.05) is 24.3 Å². The number of fused-ring (bicyclic) bond motifs is 1. The number of pyridine rings is 1. The van der Waals surface area contributed by atoms with E-state index in [0.717, 1.165) is 21.8 Å². The van der Waals surface area contributed by atoms with E-state index in [4.69, 9.17) is 4.74 Å². The first kappa shape index (κ1) is 15.4. The Hall–Kier alpha value is -2.45. The van der Waals surface area contributed by atoms with Crippen LogP contribution in [-0.2, 0) is 4.74 Å². The number of thiazole rings is 1. The molecule has 0 bridgehead atoms. The Bertz CT molecular complexity index is 729. The number of hydrogen-bond donors (Lipinski definition) is 3. The second kappa shape index (κ2) is 6.76. The number of urea groups is 1. The number of methoxy groups -OCH3 is 1. The van der Waals surface area contributed by atoms with Gasteiger partial charge in [-0.05, 0) is 19.1 Å². The van der Waals surface area contributed by atoms with Crippen molar-refractivity contribution in [1.29, 1.82) is 0 Å². The molecule has 1 atom stereocenters. The molecule has 2 aromatic heterocycles. The van der Waals surface area contributed by atoms with Crippen LogP contribution in [0.3, 0.4) is 0 Å². The summed E-state index contributed by atoms with van der Waals surface area (Å²) in [6.07, 6.45) is 5.18. The highest BCUT2D eigenvalue weighted by Gasteiger charge is 2.25. The summed E-state index contributed by atoms with van der Waals surface area (Å²) in [6.45, 7) is 2.42. The van der Waals surface area contributed by atoms with Crippen molar-refractivity contribution in [3.8, 4) is 0 Å². The number of rotatable bonds is 4. The van der Waals surface area contributed by atoms with Gasteiger partial charge in [0.05, 0.1) is 0 Å². The largest absolute Gasteiger partial charge is 0.357 e. The van der Waals surface area contributed by atoms with Crippen molar-refractivity contribution in [1.82, 2.24) is 15.3 Å². The van der Waals surface area contributed by atoms with E-state index in [1.165, 1.54) is 11.3 Å². The van der Waals surface area contributed by atoms with E-state index in [1.54, 1.807) is 19.5 Å². The maximum Gasteiger partial charge on any atom is 0.321 e. The zero-order chi connectivity index (χ0) is 16.2. The van der Waals surface area contributed by atoms with Crippen molar-refractivity contribution in [3.05, 3.63) is 35.8 Å². The topological polar surface area (TPSA) is 88.2 Å². The maximum absolute atomic E-state index is 11.6. The molecule has 2 amide bonds. The zero-order valence-corrected chi connectivity index (χ0v) is 13.6. The number of nitrogens with zero attached hydrogens (tertiary/aromatic N) is 2. The molecule has 1 unspecified atom stereocenters. The van der Waals surface area contributed by atoms with Gasteiger partial charge in [-0.3, -0.25) is 10.3 Å². The Kier molecular flexibility index (Phi) is 4.54. The van der Waals surface area contributed by atoms with Gasteiger partial charge < -0.3 is 15.4 Å². The van der Waals surface area contributed by atoms with Gasteiger partial charge in [0, 0.05) is 37.2 Å². The molecule has 0 saturated heterocycles. The lowest BCUT2D eigenvalue weighted by molar-refractivity contribution is 0.170. The fourth-order valence-electron chi connectivity index (χ4n) is 2.26. The Labute approximate surface area is 137 Å². The highest BCUT2D eigenvalue weighted by Crippen LogP contribution is 2.37. The molecule has 0 fully saturated rings. The summed E-state index contributed by atoms with van der Waals surface area (Å²) in [5.41, 5.74) is 2.68. The molecule has 0 saturated carbocycles. The molecule has 0 aromatic carbocycles. The van der Waals surface area contributed by atoms with Gasteiger partial charge in [0.2, 0.25) is 0 Å². The first-order valence-electron chi connectivity index (χ1n) is 7.18. The molecule has 1 aliphatic heterocycles. The molecule has 1 aliphatic rings. The lowest BCUT2D eigenvalue weighted by Crippen LogP contribution is -2.28. The molecular weight excluding hydrogens is 314 g/mol. The fourth-order valence-corrected chi connectivity index (χ4v) is 3.12. The van der Waals surface area contributed by atoms with Crippen molar-refractivity contribution in [2.45, 2.75) is 13.2 Å². The molecule has 120 valence electrons. The van der Waals surface area contributed by atoms with E-state index in [-0.39, 0.29) is 12.3 Å². The third-order valence-corrected chi connectivity index (χ3v) is 4.20. The monoisotopic (exact) mass is 331 g/mol. The van der Waals surface area contributed by atoms with E-state index in [9.17, 15) is 4.79 Å². The first-order valence-corrected chi connectivity index (χ1v) is 8.00. The number of aromatic nitrogens is 2. The molecule has 3 N–H and O–H groups in total. The molecular formula is C15H17N5O2S. The summed E-state index contributed by atoms with van der Waals surface area (Å²) < 4.78 is 5.52. The van der Waals surface area contributed by atoms with Crippen molar-refractivity contribution in [2.24, 2.45) is 0 Å². The van der Waals surface area contributed by atoms with Gasteiger partial charge >= 0.3 is 6.03 Å². The second-order valence-electron chi connectivity index (χ2n) is 4.82. The fraction of sp³-hybridized carbons (Fsp3) is 0.267. The summed E-state index contributed by atoms with van der Waals surface area (Å²) >= 11 is 1.37. The van der Waals surface area contributed by atoms with E-state index >= 15 is 0 Å². The number of carbonyl (C=O) groups is 1. The Balaban J connectivity index is 1.89. The predicted molar refractivity (Wildman–Crippen MR) is 91.3 cm³/mol. The number of hydrogen-bond acceptors (Lipinski definition) is 6.